The third kappa shape index (κ3) is 2.53. The van der Waals surface area contributed by atoms with Gasteiger partial charge in [-0.3, -0.25) is 4.79 Å². The van der Waals surface area contributed by atoms with Crippen LogP contribution < -0.4 is 5.32 Å². The second-order valence-electron chi connectivity index (χ2n) is 5.00. The molecule has 0 aromatic heterocycles. The number of aryl methyl sites for hydroxylation is 1. The molecule has 0 unspecified atom stereocenters. The van der Waals surface area contributed by atoms with Gasteiger partial charge in [0.25, 0.3) is 0 Å². The van der Waals surface area contributed by atoms with Gasteiger partial charge in [0, 0.05) is 5.69 Å². The molecule has 96 valence electrons. The van der Waals surface area contributed by atoms with Crippen molar-refractivity contribution in [3.8, 4) is 0 Å². The zero-order chi connectivity index (χ0) is 13.1. The van der Waals surface area contributed by atoms with Crippen LogP contribution in [0.15, 0.2) is 54.6 Å². The fourth-order valence-corrected chi connectivity index (χ4v) is 2.78. The van der Waals surface area contributed by atoms with E-state index in [9.17, 15) is 4.79 Å². The Balaban J connectivity index is 1.82. The van der Waals surface area contributed by atoms with Gasteiger partial charge in [0.05, 0.1) is 5.92 Å². The molecule has 2 nitrogen and oxygen atoms in total. The van der Waals surface area contributed by atoms with E-state index in [1.165, 1.54) is 11.1 Å². The summed E-state index contributed by atoms with van der Waals surface area (Å²) in [7, 11) is 0. The van der Waals surface area contributed by atoms with E-state index in [4.69, 9.17) is 0 Å². The first-order valence-corrected chi connectivity index (χ1v) is 6.78. The van der Waals surface area contributed by atoms with Crippen molar-refractivity contribution < 1.29 is 4.79 Å². The number of nitrogens with one attached hydrogen (secondary N) is 1. The van der Waals surface area contributed by atoms with Gasteiger partial charge in [0.1, 0.15) is 0 Å². The number of anilines is 1. The molecule has 3 rings (SSSR count). The van der Waals surface area contributed by atoms with E-state index in [1.54, 1.807) is 0 Å². The Labute approximate surface area is 113 Å². The van der Waals surface area contributed by atoms with Gasteiger partial charge < -0.3 is 5.32 Å². The van der Waals surface area contributed by atoms with E-state index in [1.807, 2.05) is 36.4 Å². The molecule has 0 spiro atoms. The Morgan fingerprint density at radius 2 is 1.74 bits per heavy atom. The van der Waals surface area contributed by atoms with Crippen LogP contribution in [0.3, 0.4) is 0 Å². The SMILES string of the molecule is O=C(Nc1ccccc1)[C@@H]1CCCc2ccccc21. The van der Waals surface area contributed by atoms with Crippen LogP contribution in [-0.4, -0.2) is 5.91 Å². The maximum absolute atomic E-state index is 12.4. The lowest BCUT2D eigenvalue weighted by Gasteiger charge is -2.24. The van der Waals surface area contributed by atoms with Gasteiger partial charge in [-0.15, -0.1) is 0 Å². The molecule has 0 saturated carbocycles. The highest BCUT2D eigenvalue weighted by atomic mass is 16.1. The van der Waals surface area contributed by atoms with Gasteiger partial charge in [0.15, 0.2) is 0 Å². The molecule has 19 heavy (non-hydrogen) atoms. The standard InChI is InChI=1S/C17H17NO/c19-17(18-14-9-2-1-3-10-14)16-12-6-8-13-7-4-5-11-15(13)16/h1-5,7,9-11,16H,6,8,12H2,(H,18,19)/t16-/m1/s1. The Bertz CT molecular complexity index is 577. The van der Waals surface area contributed by atoms with E-state index >= 15 is 0 Å². The van der Waals surface area contributed by atoms with Crippen LogP contribution in [0.5, 0.6) is 0 Å². The van der Waals surface area contributed by atoms with Crippen LogP contribution in [0.1, 0.15) is 29.9 Å². The van der Waals surface area contributed by atoms with Crippen molar-refractivity contribution >= 4 is 11.6 Å². The predicted octanol–water partition coefficient (Wildman–Crippen LogP) is 3.75. The number of rotatable bonds is 2. The lowest BCUT2D eigenvalue weighted by Crippen LogP contribution is -2.24. The summed E-state index contributed by atoms with van der Waals surface area (Å²) >= 11 is 0. The van der Waals surface area contributed by atoms with Crippen LogP contribution in [-0.2, 0) is 11.2 Å². The van der Waals surface area contributed by atoms with E-state index < -0.39 is 0 Å². The molecule has 0 fully saturated rings. The first-order valence-electron chi connectivity index (χ1n) is 6.78. The molecule has 0 heterocycles. The average Bonchev–Trinajstić information content (AvgIpc) is 2.47. The highest BCUT2D eigenvalue weighted by molar-refractivity contribution is 5.96. The summed E-state index contributed by atoms with van der Waals surface area (Å²) in [6.45, 7) is 0. The number of hydrogen-bond acceptors (Lipinski definition) is 1. The van der Waals surface area contributed by atoms with E-state index in [0.717, 1.165) is 24.9 Å². The smallest absolute Gasteiger partial charge is 0.231 e. The van der Waals surface area contributed by atoms with Gasteiger partial charge in [-0.05, 0) is 42.5 Å². The Kier molecular flexibility index (Phi) is 3.32. The number of carbonyl (C=O) groups excluding carboxylic acids is 1. The van der Waals surface area contributed by atoms with Crippen LogP contribution in [0.4, 0.5) is 5.69 Å². The molecule has 0 aliphatic heterocycles. The van der Waals surface area contributed by atoms with Crippen molar-refractivity contribution in [3.05, 3.63) is 65.7 Å². The summed E-state index contributed by atoms with van der Waals surface area (Å²) in [5.74, 6) is 0.100. The molecule has 0 bridgehead atoms. The minimum atomic E-state index is -0.00911. The van der Waals surface area contributed by atoms with Gasteiger partial charge in [-0.25, -0.2) is 0 Å². The topological polar surface area (TPSA) is 29.1 Å². The van der Waals surface area contributed by atoms with Crippen molar-refractivity contribution in [2.45, 2.75) is 25.2 Å². The van der Waals surface area contributed by atoms with Crippen molar-refractivity contribution in [3.63, 3.8) is 0 Å². The molecule has 1 N–H and O–H groups in total. The van der Waals surface area contributed by atoms with Crippen molar-refractivity contribution in [2.75, 3.05) is 5.32 Å². The number of amides is 1. The van der Waals surface area contributed by atoms with Gasteiger partial charge >= 0.3 is 0 Å². The molecule has 2 aromatic rings. The monoisotopic (exact) mass is 251 g/mol. The average molecular weight is 251 g/mol. The predicted molar refractivity (Wildman–Crippen MR) is 77.2 cm³/mol. The fourth-order valence-electron chi connectivity index (χ4n) is 2.78. The lowest BCUT2D eigenvalue weighted by molar-refractivity contribution is -0.117. The molecule has 0 radical (unpaired) electrons. The molecule has 1 amide bonds. The number of carbonyl (C=O) groups is 1. The number of hydrogen-bond donors (Lipinski definition) is 1. The molecule has 1 atom stereocenters. The Morgan fingerprint density at radius 3 is 2.58 bits per heavy atom. The van der Waals surface area contributed by atoms with Crippen LogP contribution in [0, 0.1) is 0 Å². The van der Waals surface area contributed by atoms with Gasteiger partial charge in [-0.1, -0.05) is 42.5 Å². The number of para-hydroxylation sites is 1. The van der Waals surface area contributed by atoms with E-state index in [-0.39, 0.29) is 11.8 Å². The molecule has 2 heteroatoms. The molecule has 2 aromatic carbocycles. The molecule has 1 aliphatic carbocycles. The molecule has 1 aliphatic rings. The zero-order valence-corrected chi connectivity index (χ0v) is 10.8. The van der Waals surface area contributed by atoms with Crippen LogP contribution in [0.25, 0.3) is 0 Å². The Morgan fingerprint density at radius 1 is 1.00 bits per heavy atom. The van der Waals surface area contributed by atoms with Crippen molar-refractivity contribution in [2.24, 2.45) is 0 Å². The Hall–Kier alpha value is -2.09. The minimum Gasteiger partial charge on any atom is -0.326 e. The van der Waals surface area contributed by atoms with Gasteiger partial charge in [0.2, 0.25) is 5.91 Å². The summed E-state index contributed by atoms with van der Waals surface area (Å²) in [5.41, 5.74) is 3.39. The quantitative estimate of drug-likeness (QED) is 0.865. The largest absolute Gasteiger partial charge is 0.326 e. The first kappa shape index (κ1) is 12.0. The second-order valence-corrected chi connectivity index (χ2v) is 5.00. The summed E-state index contributed by atoms with van der Waals surface area (Å²) in [4.78, 5) is 12.4. The lowest BCUT2D eigenvalue weighted by atomic mass is 9.82. The number of benzene rings is 2. The van der Waals surface area contributed by atoms with E-state index in [2.05, 4.69) is 23.5 Å². The highest BCUT2D eigenvalue weighted by Crippen LogP contribution is 2.32. The van der Waals surface area contributed by atoms with E-state index in [0.29, 0.717) is 0 Å². The minimum absolute atomic E-state index is 0.00911. The molecular weight excluding hydrogens is 234 g/mol. The normalized spacial score (nSPS) is 17.6. The summed E-state index contributed by atoms with van der Waals surface area (Å²) in [5, 5.41) is 3.01. The zero-order valence-electron chi connectivity index (χ0n) is 10.8. The van der Waals surface area contributed by atoms with Crippen LogP contribution in [0.2, 0.25) is 0 Å². The van der Waals surface area contributed by atoms with Crippen molar-refractivity contribution in [1.29, 1.82) is 0 Å². The number of fused-ring (bicyclic) bond motifs is 1. The summed E-state index contributed by atoms with van der Waals surface area (Å²) < 4.78 is 0. The summed E-state index contributed by atoms with van der Waals surface area (Å²) in [6, 6.07) is 18.0. The highest BCUT2D eigenvalue weighted by Gasteiger charge is 2.25. The van der Waals surface area contributed by atoms with Gasteiger partial charge in [-0.2, -0.15) is 0 Å². The molecule has 0 saturated heterocycles. The summed E-state index contributed by atoms with van der Waals surface area (Å²) in [6.07, 6.45) is 3.12. The third-order valence-corrected chi connectivity index (χ3v) is 3.73. The maximum Gasteiger partial charge on any atom is 0.231 e. The molecular formula is C17H17NO. The maximum atomic E-state index is 12.4. The first-order chi connectivity index (χ1) is 9.34. The second kappa shape index (κ2) is 5.27. The van der Waals surface area contributed by atoms with Crippen molar-refractivity contribution in [1.82, 2.24) is 0 Å². The third-order valence-electron chi connectivity index (χ3n) is 3.73. The van der Waals surface area contributed by atoms with Crippen LogP contribution >= 0.6 is 0 Å². The fraction of sp³-hybridized carbons (Fsp3) is 0.235.